The summed E-state index contributed by atoms with van der Waals surface area (Å²) in [7, 11) is -3.63. The molecule has 0 spiro atoms. The van der Waals surface area contributed by atoms with Crippen LogP contribution in [0.4, 0.5) is 5.13 Å². The third kappa shape index (κ3) is 5.35. The maximum atomic E-state index is 12.2. The number of nitrogens with one attached hydrogen (secondary N) is 2. The molecule has 7 nitrogen and oxygen atoms in total. The topological polar surface area (TPSA) is 91.4 Å². The van der Waals surface area contributed by atoms with Crippen LogP contribution in [0.15, 0.2) is 33.6 Å². The zero-order valence-corrected chi connectivity index (χ0v) is 18.1. The Hall–Kier alpha value is -1.33. The lowest BCUT2D eigenvalue weighted by atomic mass is 10.2. The largest absolute Gasteiger partial charge is 0.302 e. The number of hydrogen-bond donors (Lipinski definition) is 2. The maximum Gasteiger partial charge on any atom is 0.240 e. The van der Waals surface area contributed by atoms with Gasteiger partial charge in [0.15, 0.2) is 5.13 Å². The summed E-state index contributed by atoms with van der Waals surface area (Å²) in [6.45, 7) is 5.01. The smallest absolute Gasteiger partial charge is 0.240 e. The molecule has 10 heteroatoms. The molecule has 2 heterocycles. The van der Waals surface area contributed by atoms with Crippen molar-refractivity contribution in [3.05, 3.63) is 39.3 Å². The molecule has 1 aromatic carbocycles. The van der Waals surface area contributed by atoms with Crippen LogP contribution in [-0.4, -0.2) is 43.8 Å². The number of anilines is 1. The Kier molecular flexibility index (Phi) is 6.64. The summed E-state index contributed by atoms with van der Waals surface area (Å²) in [5.41, 5.74) is 1.05. The van der Waals surface area contributed by atoms with E-state index in [0.29, 0.717) is 5.13 Å². The number of carbonyl (C=O) groups is 1. The molecule has 2 aromatic rings. The fraction of sp³-hybridized carbons (Fsp3) is 0.412. The van der Waals surface area contributed by atoms with Gasteiger partial charge in [0, 0.05) is 41.8 Å². The summed E-state index contributed by atoms with van der Waals surface area (Å²) in [4.78, 5) is 20.3. The Labute approximate surface area is 171 Å². The molecule has 1 aliphatic rings. The van der Waals surface area contributed by atoms with Crippen LogP contribution in [0.2, 0.25) is 0 Å². The lowest BCUT2D eigenvalue weighted by molar-refractivity contribution is -0.116. The fourth-order valence-electron chi connectivity index (χ4n) is 2.75. The minimum absolute atomic E-state index is 0.0267. The summed E-state index contributed by atoms with van der Waals surface area (Å²) < 4.78 is 27.7. The van der Waals surface area contributed by atoms with Gasteiger partial charge in [0.1, 0.15) is 0 Å². The zero-order chi connectivity index (χ0) is 19.4. The molecule has 27 heavy (non-hydrogen) atoms. The molecular weight excluding hydrogens is 452 g/mol. The number of amides is 1. The molecule has 146 valence electrons. The molecule has 1 aromatic heterocycles. The van der Waals surface area contributed by atoms with Crippen molar-refractivity contribution in [2.45, 2.75) is 31.2 Å². The van der Waals surface area contributed by atoms with Gasteiger partial charge in [-0.3, -0.25) is 9.69 Å². The average Bonchev–Trinajstić information content (AvgIpc) is 3.02. The molecule has 0 bridgehead atoms. The molecule has 0 atom stereocenters. The van der Waals surface area contributed by atoms with Crippen molar-refractivity contribution in [3.8, 4) is 0 Å². The lowest BCUT2D eigenvalue weighted by Gasteiger charge is -2.23. The number of hydrogen-bond acceptors (Lipinski definition) is 6. The van der Waals surface area contributed by atoms with Gasteiger partial charge in [0.05, 0.1) is 10.6 Å². The van der Waals surface area contributed by atoms with E-state index in [1.807, 2.05) is 0 Å². The molecule has 2 N–H and O–H groups in total. The summed E-state index contributed by atoms with van der Waals surface area (Å²) in [5, 5.41) is 3.36. The Morgan fingerprint density at radius 2 is 2.07 bits per heavy atom. The Morgan fingerprint density at radius 1 is 1.33 bits per heavy atom. The summed E-state index contributed by atoms with van der Waals surface area (Å²) in [6.07, 6.45) is 0.934. The van der Waals surface area contributed by atoms with Gasteiger partial charge in [0.25, 0.3) is 0 Å². The number of fused-ring (bicyclic) bond motifs is 1. The second-order valence-electron chi connectivity index (χ2n) is 6.16. The van der Waals surface area contributed by atoms with Crippen LogP contribution in [0.1, 0.15) is 23.9 Å². The van der Waals surface area contributed by atoms with E-state index in [9.17, 15) is 13.2 Å². The van der Waals surface area contributed by atoms with Crippen molar-refractivity contribution in [3.63, 3.8) is 0 Å². The van der Waals surface area contributed by atoms with Crippen LogP contribution >= 0.6 is 27.3 Å². The quantitative estimate of drug-likeness (QED) is 0.645. The molecule has 1 aliphatic heterocycles. The third-order valence-corrected chi connectivity index (χ3v) is 7.28. The predicted octanol–water partition coefficient (Wildman–Crippen LogP) is 2.59. The first-order valence-corrected chi connectivity index (χ1v) is 11.7. The molecular formula is C17H21BrN4O3S2. The van der Waals surface area contributed by atoms with Crippen LogP contribution in [0.25, 0.3) is 0 Å². The minimum atomic E-state index is -3.63. The highest BCUT2D eigenvalue weighted by atomic mass is 79.9. The maximum absolute atomic E-state index is 12.2. The summed E-state index contributed by atoms with van der Waals surface area (Å²) >= 11 is 4.76. The normalized spacial score (nSPS) is 14.7. The van der Waals surface area contributed by atoms with E-state index >= 15 is 0 Å². The molecule has 0 unspecified atom stereocenters. The van der Waals surface area contributed by atoms with Crippen molar-refractivity contribution in [2.24, 2.45) is 0 Å². The van der Waals surface area contributed by atoms with Crippen LogP contribution in [0.3, 0.4) is 0 Å². The number of nitrogens with zero attached hydrogens (tertiary/aromatic N) is 2. The fourth-order valence-corrected chi connectivity index (χ4v) is 5.11. The molecule has 0 radical (unpaired) electrons. The van der Waals surface area contributed by atoms with Crippen molar-refractivity contribution in [2.75, 3.05) is 25.0 Å². The lowest BCUT2D eigenvalue weighted by Crippen LogP contribution is -2.29. The van der Waals surface area contributed by atoms with Gasteiger partial charge in [0.2, 0.25) is 15.9 Å². The average molecular weight is 473 g/mol. The van der Waals surface area contributed by atoms with E-state index in [1.165, 1.54) is 28.3 Å². The van der Waals surface area contributed by atoms with Crippen LogP contribution < -0.4 is 10.0 Å². The zero-order valence-electron chi connectivity index (χ0n) is 14.9. The third-order valence-electron chi connectivity index (χ3n) is 4.27. The van der Waals surface area contributed by atoms with Gasteiger partial charge in [-0.05, 0) is 30.8 Å². The van der Waals surface area contributed by atoms with Crippen LogP contribution in [-0.2, 0) is 27.8 Å². The standard InChI is InChI=1S/C17H21BrN4O3S2/c1-2-22-10-8-14-15(11-22)26-17(20-14)21-16(23)7-9-19-27(24,25)13-5-3-12(18)4-6-13/h3-6,19H,2,7-11H2,1H3,(H,20,21,23). The number of benzene rings is 1. The number of thiazole rings is 1. The molecule has 0 saturated carbocycles. The van der Waals surface area contributed by atoms with Crippen molar-refractivity contribution in [1.29, 1.82) is 0 Å². The summed E-state index contributed by atoms with van der Waals surface area (Å²) in [5.74, 6) is -0.257. The first-order chi connectivity index (χ1) is 12.9. The molecule has 1 amide bonds. The highest BCUT2D eigenvalue weighted by molar-refractivity contribution is 9.10. The molecule has 3 rings (SSSR count). The Balaban J connectivity index is 1.50. The molecule has 0 saturated heterocycles. The first-order valence-electron chi connectivity index (χ1n) is 8.63. The van der Waals surface area contributed by atoms with E-state index in [2.05, 4.69) is 42.8 Å². The van der Waals surface area contributed by atoms with E-state index in [1.54, 1.807) is 12.1 Å². The van der Waals surface area contributed by atoms with E-state index in [-0.39, 0.29) is 23.8 Å². The second kappa shape index (κ2) is 8.78. The van der Waals surface area contributed by atoms with Gasteiger partial charge in [-0.2, -0.15) is 0 Å². The number of aromatic nitrogens is 1. The molecule has 0 fully saturated rings. The van der Waals surface area contributed by atoms with Gasteiger partial charge >= 0.3 is 0 Å². The van der Waals surface area contributed by atoms with Gasteiger partial charge in [-0.1, -0.05) is 22.9 Å². The number of carbonyl (C=O) groups excluding carboxylic acids is 1. The minimum Gasteiger partial charge on any atom is -0.302 e. The second-order valence-corrected chi connectivity index (χ2v) is 9.92. The highest BCUT2D eigenvalue weighted by Crippen LogP contribution is 2.28. The number of halogens is 1. The SMILES string of the molecule is CCN1CCc2nc(NC(=O)CCNS(=O)(=O)c3ccc(Br)cc3)sc2C1. The number of sulfonamides is 1. The van der Waals surface area contributed by atoms with Gasteiger partial charge in [-0.25, -0.2) is 18.1 Å². The van der Waals surface area contributed by atoms with Crippen LogP contribution in [0.5, 0.6) is 0 Å². The van der Waals surface area contributed by atoms with Crippen molar-refractivity contribution in [1.82, 2.24) is 14.6 Å². The van der Waals surface area contributed by atoms with Crippen molar-refractivity contribution >= 4 is 48.3 Å². The van der Waals surface area contributed by atoms with Gasteiger partial charge < -0.3 is 5.32 Å². The van der Waals surface area contributed by atoms with E-state index < -0.39 is 10.0 Å². The monoisotopic (exact) mass is 472 g/mol. The van der Waals surface area contributed by atoms with E-state index in [0.717, 1.165) is 36.2 Å². The molecule has 0 aliphatic carbocycles. The van der Waals surface area contributed by atoms with Crippen molar-refractivity contribution < 1.29 is 13.2 Å². The van der Waals surface area contributed by atoms with E-state index in [4.69, 9.17) is 0 Å². The highest BCUT2D eigenvalue weighted by Gasteiger charge is 2.20. The predicted molar refractivity (Wildman–Crippen MR) is 109 cm³/mol. The van der Waals surface area contributed by atoms with Crippen LogP contribution in [0, 0.1) is 0 Å². The number of likely N-dealkylation sites (N-methyl/N-ethyl adjacent to an activating group) is 1. The number of rotatable bonds is 7. The summed E-state index contributed by atoms with van der Waals surface area (Å²) in [6, 6.07) is 6.33. The first kappa shape index (κ1) is 20.4. The van der Waals surface area contributed by atoms with Gasteiger partial charge in [-0.15, -0.1) is 11.3 Å². The Morgan fingerprint density at radius 3 is 2.78 bits per heavy atom. The Bertz CT molecular complexity index is 913.